The van der Waals surface area contributed by atoms with Crippen LogP contribution in [0, 0.1) is 0 Å². The number of methoxy groups -OCH3 is 1. The van der Waals surface area contributed by atoms with Crippen LogP contribution in [-0.4, -0.2) is 27.0 Å². The molecule has 1 saturated carbocycles. The molecule has 0 saturated heterocycles. The third kappa shape index (κ3) is 2.83. The van der Waals surface area contributed by atoms with Gasteiger partial charge >= 0.3 is 0 Å². The van der Waals surface area contributed by atoms with Gasteiger partial charge in [-0.05, 0) is 47.6 Å². The molecule has 2 aromatic heterocycles. The van der Waals surface area contributed by atoms with Gasteiger partial charge in [-0.25, -0.2) is 19.9 Å². The lowest BCUT2D eigenvalue weighted by Gasteiger charge is -2.06. The molecule has 4 rings (SSSR count). The molecule has 5 nitrogen and oxygen atoms in total. The molecular weight excluding hydrogens is 324 g/mol. The van der Waals surface area contributed by atoms with Gasteiger partial charge < -0.3 is 4.74 Å². The molecule has 1 aliphatic rings. The van der Waals surface area contributed by atoms with Gasteiger partial charge in [0, 0.05) is 24.8 Å². The first-order chi connectivity index (χ1) is 11.8. The summed E-state index contributed by atoms with van der Waals surface area (Å²) in [5, 5.41) is 0.633. The highest BCUT2D eigenvalue weighted by molar-refractivity contribution is 6.32. The average molecular weight is 339 g/mol. The van der Waals surface area contributed by atoms with Gasteiger partial charge in [-0.15, -0.1) is 0 Å². The fourth-order valence-electron chi connectivity index (χ4n) is 2.90. The van der Waals surface area contributed by atoms with E-state index in [1.807, 2.05) is 24.5 Å². The van der Waals surface area contributed by atoms with E-state index in [1.165, 1.54) is 5.56 Å². The molecule has 0 unspecified atom stereocenters. The fraction of sp³-hybridized carbons (Fsp3) is 0.222. The molecule has 6 heteroatoms. The van der Waals surface area contributed by atoms with Gasteiger partial charge in [0.25, 0.3) is 0 Å². The molecule has 2 atom stereocenters. The van der Waals surface area contributed by atoms with Crippen molar-refractivity contribution in [3.63, 3.8) is 0 Å². The highest BCUT2D eigenvalue weighted by Crippen LogP contribution is 2.55. The summed E-state index contributed by atoms with van der Waals surface area (Å²) in [4.78, 5) is 17.1. The van der Waals surface area contributed by atoms with Gasteiger partial charge in [0.1, 0.15) is 5.75 Å². The minimum Gasteiger partial charge on any atom is -0.495 e. The second kappa shape index (κ2) is 6.17. The topological polar surface area (TPSA) is 60.8 Å². The predicted molar refractivity (Wildman–Crippen MR) is 91.2 cm³/mol. The van der Waals surface area contributed by atoms with Crippen LogP contribution in [0.2, 0.25) is 5.02 Å². The summed E-state index contributed by atoms with van der Waals surface area (Å²) in [5.74, 6) is 2.69. The minimum absolute atomic E-state index is 0.432. The zero-order chi connectivity index (χ0) is 16.5. The largest absolute Gasteiger partial charge is 0.495 e. The standard InChI is InChI=1S/C18H15ClN4O/c1-24-16-7-11(3-4-15(16)19)13-8-14(13)12-9-22-18(23-10-12)17-20-5-2-6-21-17/h2-7,9-10,13-14H,8H2,1H3/t13-,14-/m0/s1. The maximum atomic E-state index is 6.09. The Bertz CT molecular complexity index is 855. The molecule has 1 aliphatic carbocycles. The number of halogens is 1. The number of hydrogen-bond donors (Lipinski definition) is 0. The van der Waals surface area contributed by atoms with Gasteiger partial charge in [-0.2, -0.15) is 0 Å². The fourth-order valence-corrected chi connectivity index (χ4v) is 3.09. The van der Waals surface area contributed by atoms with Gasteiger partial charge in [0.15, 0.2) is 11.6 Å². The number of hydrogen-bond acceptors (Lipinski definition) is 5. The maximum Gasteiger partial charge on any atom is 0.197 e. The van der Waals surface area contributed by atoms with Gasteiger partial charge in [0.2, 0.25) is 0 Å². The monoisotopic (exact) mass is 338 g/mol. The van der Waals surface area contributed by atoms with Gasteiger partial charge in [-0.1, -0.05) is 17.7 Å². The van der Waals surface area contributed by atoms with E-state index >= 15 is 0 Å². The van der Waals surface area contributed by atoms with Crippen LogP contribution >= 0.6 is 11.6 Å². The summed E-state index contributed by atoms with van der Waals surface area (Å²) in [6.07, 6.45) is 8.19. The number of aromatic nitrogens is 4. The Morgan fingerprint density at radius 2 is 1.62 bits per heavy atom. The molecule has 1 aromatic carbocycles. The Morgan fingerprint density at radius 1 is 0.958 bits per heavy atom. The van der Waals surface area contributed by atoms with E-state index in [2.05, 4.69) is 26.0 Å². The van der Waals surface area contributed by atoms with Gasteiger partial charge in [0.05, 0.1) is 12.1 Å². The molecule has 0 bridgehead atoms. The molecule has 0 N–H and O–H groups in total. The molecule has 0 spiro atoms. The second-order valence-corrected chi connectivity index (χ2v) is 6.16. The van der Waals surface area contributed by atoms with E-state index in [0.717, 1.165) is 12.0 Å². The molecule has 0 aliphatic heterocycles. The lowest BCUT2D eigenvalue weighted by atomic mass is 10.1. The molecule has 1 fully saturated rings. The van der Waals surface area contributed by atoms with Crippen molar-refractivity contribution in [2.24, 2.45) is 0 Å². The number of ether oxygens (including phenoxy) is 1. The van der Waals surface area contributed by atoms with E-state index < -0.39 is 0 Å². The predicted octanol–water partition coefficient (Wildman–Crippen LogP) is 3.87. The lowest BCUT2D eigenvalue weighted by molar-refractivity contribution is 0.414. The Hall–Kier alpha value is -2.53. The molecule has 120 valence electrons. The summed E-state index contributed by atoms with van der Waals surface area (Å²) in [6, 6.07) is 7.73. The SMILES string of the molecule is COc1cc([C@@H]2C[C@H]2c2cnc(-c3ncccn3)nc2)ccc1Cl. The molecule has 0 radical (unpaired) electrons. The first-order valence-electron chi connectivity index (χ1n) is 7.69. The summed E-state index contributed by atoms with van der Waals surface area (Å²) in [7, 11) is 1.63. The van der Waals surface area contributed by atoms with E-state index in [4.69, 9.17) is 16.3 Å². The van der Waals surface area contributed by atoms with Crippen molar-refractivity contribution >= 4 is 11.6 Å². The van der Waals surface area contributed by atoms with Crippen LogP contribution in [0.4, 0.5) is 0 Å². The van der Waals surface area contributed by atoms with E-state index in [0.29, 0.717) is 34.3 Å². The van der Waals surface area contributed by atoms with Crippen LogP contribution in [0.15, 0.2) is 49.1 Å². The second-order valence-electron chi connectivity index (χ2n) is 5.76. The van der Waals surface area contributed by atoms with Crippen molar-refractivity contribution in [3.8, 4) is 17.4 Å². The van der Waals surface area contributed by atoms with Crippen molar-refractivity contribution < 1.29 is 4.74 Å². The van der Waals surface area contributed by atoms with E-state index in [1.54, 1.807) is 25.6 Å². The van der Waals surface area contributed by atoms with E-state index in [9.17, 15) is 0 Å². The van der Waals surface area contributed by atoms with Crippen LogP contribution in [0.1, 0.15) is 29.4 Å². The Morgan fingerprint density at radius 3 is 2.33 bits per heavy atom. The molecule has 2 heterocycles. The van der Waals surface area contributed by atoms with Gasteiger partial charge in [-0.3, -0.25) is 0 Å². The zero-order valence-electron chi connectivity index (χ0n) is 13.1. The minimum atomic E-state index is 0.432. The van der Waals surface area contributed by atoms with Crippen molar-refractivity contribution in [3.05, 3.63) is 65.2 Å². The normalized spacial score (nSPS) is 19.1. The van der Waals surface area contributed by atoms with E-state index in [-0.39, 0.29) is 0 Å². The van der Waals surface area contributed by atoms with Crippen molar-refractivity contribution in [2.45, 2.75) is 18.3 Å². The first-order valence-corrected chi connectivity index (χ1v) is 8.07. The third-order valence-electron chi connectivity index (χ3n) is 4.26. The number of rotatable bonds is 4. The maximum absolute atomic E-state index is 6.09. The number of nitrogens with zero attached hydrogens (tertiary/aromatic N) is 4. The smallest absolute Gasteiger partial charge is 0.197 e. The van der Waals surface area contributed by atoms with Crippen LogP contribution < -0.4 is 4.74 Å². The van der Waals surface area contributed by atoms with Crippen LogP contribution in [0.25, 0.3) is 11.6 Å². The Kier molecular flexibility index (Phi) is 3.86. The zero-order valence-corrected chi connectivity index (χ0v) is 13.8. The molecule has 3 aromatic rings. The van der Waals surface area contributed by atoms with Crippen molar-refractivity contribution in [1.29, 1.82) is 0 Å². The molecule has 24 heavy (non-hydrogen) atoms. The van der Waals surface area contributed by atoms with Crippen LogP contribution in [-0.2, 0) is 0 Å². The summed E-state index contributed by atoms with van der Waals surface area (Å²) in [6.45, 7) is 0. The van der Waals surface area contributed by atoms with Crippen molar-refractivity contribution in [1.82, 2.24) is 19.9 Å². The average Bonchev–Trinajstić information content (AvgIpc) is 3.44. The number of benzene rings is 1. The molecular formula is C18H15ClN4O. The quantitative estimate of drug-likeness (QED) is 0.722. The third-order valence-corrected chi connectivity index (χ3v) is 4.57. The lowest BCUT2D eigenvalue weighted by Crippen LogP contribution is -1.96. The highest BCUT2D eigenvalue weighted by Gasteiger charge is 2.40. The van der Waals surface area contributed by atoms with Crippen molar-refractivity contribution in [2.75, 3.05) is 7.11 Å². The Balaban J connectivity index is 1.52. The van der Waals surface area contributed by atoms with Crippen LogP contribution in [0.3, 0.4) is 0 Å². The summed E-state index contributed by atoms with van der Waals surface area (Å²) in [5.41, 5.74) is 2.37. The molecule has 0 amide bonds. The highest BCUT2D eigenvalue weighted by atomic mass is 35.5. The van der Waals surface area contributed by atoms with Crippen LogP contribution in [0.5, 0.6) is 5.75 Å². The summed E-state index contributed by atoms with van der Waals surface area (Å²) >= 11 is 6.09. The first kappa shape index (κ1) is 15.0. The summed E-state index contributed by atoms with van der Waals surface area (Å²) < 4.78 is 5.30. The Labute approximate surface area is 144 Å².